The average molecular weight is 363 g/mol. The third-order valence-electron chi connectivity index (χ3n) is 5.28. The molecule has 5 heteroatoms. The molecule has 1 aliphatic rings. The summed E-state index contributed by atoms with van der Waals surface area (Å²) < 4.78 is 7.92. The highest BCUT2D eigenvalue weighted by Gasteiger charge is 2.29. The zero-order chi connectivity index (χ0) is 19.1. The lowest BCUT2D eigenvalue weighted by Crippen LogP contribution is -2.12. The second kappa shape index (κ2) is 6.72. The molecule has 4 rings (SSSR count). The average Bonchev–Trinajstić information content (AvgIpc) is 3.22. The lowest BCUT2D eigenvalue weighted by Gasteiger charge is -2.09. The first-order valence-corrected chi connectivity index (χ1v) is 9.58. The van der Waals surface area contributed by atoms with Gasteiger partial charge in [0.1, 0.15) is 5.76 Å². The fourth-order valence-electron chi connectivity index (χ4n) is 3.68. The maximum absolute atomic E-state index is 12.8. The third kappa shape index (κ3) is 3.07. The summed E-state index contributed by atoms with van der Waals surface area (Å²) in [6, 6.07) is 7.97. The van der Waals surface area contributed by atoms with E-state index in [9.17, 15) is 4.79 Å². The molecule has 0 saturated heterocycles. The van der Waals surface area contributed by atoms with Gasteiger partial charge in [-0.1, -0.05) is 26.0 Å². The van der Waals surface area contributed by atoms with E-state index in [0.717, 1.165) is 47.7 Å². The molecule has 2 heterocycles. The molecule has 1 N–H and O–H groups in total. The number of hydrogen-bond donors (Lipinski definition) is 1. The van der Waals surface area contributed by atoms with Crippen LogP contribution in [0, 0.1) is 6.92 Å². The van der Waals surface area contributed by atoms with Crippen LogP contribution >= 0.6 is 0 Å². The van der Waals surface area contributed by atoms with Crippen molar-refractivity contribution in [1.29, 1.82) is 0 Å². The molecule has 1 aliphatic carbocycles. The molecular formula is C22H25N3O2. The molecule has 3 aromatic rings. The van der Waals surface area contributed by atoms with Crippen LogP contribution in [0.4, 0.5) is 5.69 Å². The van der Waals surface area contributed by atoms with Crippen molar-refractivity contribution in [3.8, 4) is 11.3 Å². The third-order valence-corrected chi connectivity index (χ3v) is 5.28. The normalized spacial score (nSPS) is 12.8. The van der Waals surface area contributed by atoms with E-state index in [0.29, 0.717) is 11.7 Å². The molecule has 0 radical (unpaired) electrons. The first-order valence-electron chi connectivity index (χ1n) is 9.58. The quantitative estimate of drug-likeness (QED) is 0.714. The van der Waals surface area contributed by atoms with Gasteiger partial charge < -0.3 is 9.73 Å². The van der Waals surface area contributed by atoms with Gasteiger partial charge in [0.05, 0.1) is 5.69 Å². The van der Waals surface area contributed by atoms with Gasteiger partial charge in [-0.05, 0) is 49.4 Å². The van der Waals surface area contributed by atoms with Crippen molar-refractivity contribution in [2.45, 2.75) is 53.0 Å². The fraction of sp³-hybridized carbons (Fsp3) is 0.364. The highest BCUT2D eigenvalue weighted by atomic mass is 16.4. The van der Waals surface area contributed by atoms with Crippen molar-refractivity contribution < 1.29 is 9.21 Å². The number of hydrogen-bond acceptors (Lipinski definition) is 3. The first-order chi connectivity index (χ1) is 13.0. The molecule has 2 aromatic heterocycles. The van der Waals surface area contributed by atoms with Crippen molar-refractivity contribution in [3.63, 3.8) is 0 Å². The fourth-order valence-corrected chi connectivity index (χ4v) is 3.68. The van der Waals surface area contributed by atoms with E-state index in [2.05, 4.69) is 37.4 Å². The van der Waals surface area contributed by atoms with Crippen molar-refractivity contribution >= 4 is 11.6 Å². The lowest BCUT2D eigenvalue weighted by molar-refractivity contribution is 0.0994. The maximum Gasteiger partial charge on any atom is 0.291 e. The van der Waals surface area contributed by atoms with Crippen LogP contribution in [-0.4, -0.2) is 15.7 Å². The van der Waals surface area contributed by atoms with Crippen LogP contribution < -0.4 is 5.32 Å². The van der Waals surface area contributed by atoms with Crippen LogP contribution in [0.5, 0.6) is 0 Å². The number of carbonyl (C=O) groups is 1. The topological polar surface area (TPSA) is 60.1 Å². The van der Waals surface area contributed by atoms with Gasteiger partial charge in [0, 0.05) is 36.0 Å². The Balaban J connectivity index is 1.63. The first kappa shape index (κ1) is 17.6. The molecule has 0 aliphatic heterocycles. The van der Waals surface area contributed by atoms with Crippen molar-refractivity contribution in [1.82, 2.24) is 9.78 Å². The number of anilines is 1. The summed E-state index contributed by atoms with van der Waals surface area (Å²) >= 11 is 0. The summed E-state index contributed by atoms with van der Waals surface area (Å²) in [5.74, 6) is 1.50. The van der Waals surface area contributed by atoms with E-state index in [1.165, 1.54) is 11.1 Å². The predicted octanol–water partition coefficient (Wildman–Crippen LogP) is 4.95. The van der Waals surface area contributed by atoms with Gasteiger partial charge in [-0.3, -0.25) is 9.48 Å². The van der Waals surface area contributed by atoms with Crippen molar-refractivity contribution in [3.05, 3.63) is 58.7 Å². The Morgan fingerprint density at radius 2 is 2.00 bits per heavy atom. The van der Waals surface area contributed by atoms with Crippen LogP contribution in [0.1, 0.15) is 59.7 Å². The number of amides is 1. The van der Waals surface area contributed by atoms with Gasteiger partial charge in [0.2, 0.25) is 0 Å². The number of fused-ring (bicyclic) bond motifs is 3. The summed E-state index contributed by atoms with van der Waals surface area (Å²) in [5, 5.41) is 7.64. The van der Waals surface area contributed by atoms with Crippen LogP contribution in [0.25, 0.3) is 11.3 Å². The molecule has 5 nitrogen and oxygen atoms in total. The van der Waals surface area contributed by atoms with Gasteiger partial charge >= 0.3 is 0 Å². The molecule has 1 amide bonds. The Kier molecular flexibility index (Phi) is 4.38. The van der Waals surface area contributed by atoms with Crippen LogP contribution in [0.15, 0.2) is 34.9 Å². The van der Waals surface area contributed by atoms with E-state index >= 15 is 0 Å². The maximum atomic E-state index is 12.8. The van der Waals surface area contributed by atoms with Crippen molar-refractivity contribution in [2.75, 3.05) is 5.32 Å². The number of nitrogens with zero attached hydrogens (tertiary/aromatic N) is 2. The second-order valence-electron chi connectivity index (χ2n) is 7.44. The summed E-state index contributed by atoms with van der Waals surface area (Å²) in [6.07, 6.45) is 3.79. The number of rotatable bonds is 4. The number of nitrogens with one attached hydrogen (secondary N) is 1. The molecule has 27 heavy (non-hydrogen) atoms. The summed E-state index contributed by atoms with van der Waals surface area (Å²) in [5.41, 5.74) is 6.06. The summed E-state index contributed by atoms with van der Waals surface area (Å²) in [6.45, 7) is 9.15. The van der Waals surface area contributed by atoms with Gasteiger partial charge in [-0.2, -0.15) is 5.10 Å². The second-order valence-corrected chi connectivity index (χ2v) is 7.44. The van der Waals surface area contributed by atoms with Gasteiger partial charge in [-0.25, -0.2) is 0 Å². The minimum Gasteiger partial charge on any atom is -0.455 e. The number of carbonyl (C=O) groups excluding carboxylic acids is 1. The Bertz CT molecular complexity index is 993. The molecule has 1 aromatic carbocycles. The van der Waals surface area contributed by atoms with Crippen LogP contribution in [0.3, 0.4) is 0 Å². The van der Waals surface area contributed by atoms with E-state index in [1.54, 1.807) is 0 Å². The zero-order valence-electron chi connectivity index (χ0n) is 16.3. The van der Waals surface area contributed by atoms with Gasteiger partial charge in [0.15, 0.2) is 5.76 Å². The largest absolute Gasteiger partial charge is 0.455 e. The summed E-state index contributed by atoms with van der Waals surface area (Å²) in [7, 11) is 0. The molecular weight excluding hydrogens is 338 g/mol. The highest BCUT2D eigenvalue weighted by Crippen LogP contribution is 2.38. The number of aromatic nitrogens is 2. The minimum atomic E-state index is -0.212. The van der Waals surface area contributed by atoms with E-state index < -0.39 is 0 Å². The summed E-state index contributed by atoms with van der Waals surface area (Å²) in [4.78, 5) is 12.8. The predicted molar refractivity (Wildman–Crippen MR) is 106 cm³/mol. The van der Waals surface area contributed by atoms with Crippen molar-refractivity contribution in [2.24, 2.45) is 0 Å². The number of benzene rings is 1. The molecule has 140 valence electrons. The number of furan rings is 1. The highest BCUT2D eigenvalue weighted by molar-refractivity contribution is 6.04. The smallest absolute Gasteiger partial charge is 0.291 e. The van der Waals surface area contributed by atoms with Crippen LogP contribution in [-0.2, 0) is 19.4 Å². The molecule has 0 unspecified atom stereocenters. The minimum absolute atomic E-state index is 0.212. The standard InChI is InChI=1S/C22H25N3O2/c1-5-25-12-16-8-11-18-19(20(16)24-25)14(4)21(27-18)22(26)23-17-9-6-15(7-10-17)13(2)3/h6-7,9-10,12-13H,5,8,11H2,1-4H3,(H,23,26). The SMILES string of the molecule is CCn1cc2c(n1)-c1c(oc(C(=O)Nc3ccc(C(C)C)cc3)c1C)CC2. The molecule has 0 atom stereocenters. The molecule has 0 fully saturated rings. The Labute approximate surface area is 159 Å². The van der Waals surface area contributed by atoms with Crippen LogP contribution in [0.2, 0.25) is 0 Å². The Morgan fingerprint density at radius 3 is 2.67 bits per heavy atom. The number of aryl methyl sites for hydroxylation is 3. The Morgan fingerprint density at radius 1 is 1.26 bits per heavy atom. The monoisotopic (exact) mass is 363 g/mol. The molecule has 0 saturated carbocycles. The van der Waals surface area contributed by atoms with E-state index in [1.807, 2.05) is 35.9 Å². The van der Waals surface area contributed by atoms with E-state index in [4.69, 9.17) is 4.42 Å². The lowest BCUT2D eigenvalue weighted by atomic mass is 9.93. The molecule has 0 bridgehead atoms. The zero-order valence-corrected chi connectivity index (χ0v) is 16.3. The Hall–Kier alpha value is -2.82. The van der Waals surface area contributed by atoms with Gasteiger partial charge in [0.25, 0.3) is 5.91 Å². The molecule has 0 spiro atoms. The van der Waals surface area contributed by atoms with E-state index in [-0.39, 0.29) is 5.91 Å². The van der Waals surface area contributed by atoms with Gasteiger partial charge in [-0.15, -0.1) is 0 Å².